The standard InChI is InChI=1S/C20H27FN2O2/c21-18-10-8-16(9-11-18)6-7-17-4-3-13-22(14-17)20(25)15-23-12-2-1-5-19(23)24/h8-11,17H,1-7,12-15H2/t17-/m1/s1. The third-order valence-corrected chi connectivity index (χ3v) is 5.37. The molecule has 0 bridgehead atoms. The Morgan fingerprint density at radius 1 is 1.12 bits per heavy atom. The normalized spacial score (nSPS) is 21.5. The minimum absolute atomic E-state index is 0.0849. The van der Waals surface area contributed by atoms with Crippen LogP contribution in [0.1, 0.15) is 44.1 Å². The summed E-state index contributed by atoms with van der Waals surface area (Å²) < 4.78 is 13.0. The van der Waals surface area contributed by atoms with Crippen molar-refractivity contribution >= 4 is 11.8 Å². The van der Waals surface area contributed by atoms with Gasteiger partial charge >= 0.3 is 0 Å². The fourth-order valence-electron chi connectivity index (χ4n) is 3.84. The topological polar surface area (TPSA) is 40.6 Å². The van der Waals surface area contributed by atoms with Gasteiger partial charge in [-0.1, -0.05) is 12.1 Å². The summed E-state index contributed by atoms with van der Waals surface area (Å²) in [6, 6.07) is 6.68. The number of hydrogen-bond donors (Lipinski definition) is 0. The molecule has 0 unspecified atom stereocenters. The summed E-state index contributed by atoms with van der Waals surface area (Å²) in [6.07, 6.45) is 6.60. The molecule has 0 N–H and O–H groups in total. The van der Waals surface area contributed by atoms with Crippen LogP contribution in [0.4, 0.5) is 4.39 Å². The van der Waals surface area contributed by atoms with E-state index in [0.717, 1.165) is 57.2 Å². The van der Waals surface area contributed by atoms with Gasteiger partial charge in [-0.15, -0.1) is 0 Å². The van der Waals surface area contributed by atoms with Gasteiger partial charge in [0.2, 0.25) is 11.8 Å². The quantitative estimate of drug-likeness (QED) is 0.822. The molecule has 0 aliphatic carbocycles. The number of halogens is 1. The van der Waals surface area contributed by atoms with Crippen molar-refractivity contribution in [3.63, 3.8) is 0 Å². The summed E-state index contributed by atoms with van der Waals surface area (Å²) in [6.45, 7) is 2.53. The number of aryl methyl sites for hydroxylation is 1. The van der Waals surface area contributed by atoms with Crippen LogP contribution in [0, 0.1) is 11.7 Å². The minimum Gasteiger partial charge on any atom is -0.341 e. The molecule has 136 valence electrons. The van der Waals surface area contributed by atoms with Gasteiger partial charge in [0.05, 0.1) is 6.54 Å². The van der Waals surface area contributed by atoms with Gasteiger partial charge in [0.1, 0.15) is 5.82 Å². The Hall–Kier alpha value is -1.91. The number of hydrogen-bond acceptors (Lipinski definition) is 2. The Bertz CT molecular complexity index is 602. The predicted molar refractivity (Wildman–Crippen MR) is 94.5 cm³/mol. The zero-order chi connectivity index (χ0) is 17.6. The highest BCUT2D eigenvalue weighted by atomic mass is 19.1. The molecule has 2 saturated heterocycles. The van der Waals surface area contributed by atoms with Gasteiger partial charge in [0.25, 0.3) is 0 Å². The van der Waals surface area contributed by atoms with Crippen molar-refractivity contribution in [3.8, 4) is 0 Å². The Balaban J connectivity index is 1.47. The molecule has 0 radical (unpaired) electrons. The molecule has 2 amide bonds. The highest BCUT2D eigenvalue weighted by Gasteiger charge is 2.27. The minimum atomic E-state index is -0.203. The number of amides is 2. The van der Waals surface area contributed by atoms with Gasteiger partial charge in [-0.3, -0.25) is 9.59 Å². The molecule has 1 atom stereocenters. The Kier molecular flexibility index (Phi) is 6.05. The van der Waals surface area contributed by atoms with Crippen LogP contribution in [0.5, 0.6) is 0 Å². The maximum absolute atomic E-state index is 13.0. The second-order valence-electron chi connectivity index (χ2n) is 7.29. The van der Waals surface area contributed by atoms with Crippen molar-refractivity contribution in [1.29, 1.82) is 0 Å². The van der Waals surface area contributed by atoms with Gasteiger partial charge in [-0.25, -0.2) is 4.39 Å². The van der Waals surface area contributed by atoms with E-state index in [2.05, 4.69) is 0 Å². The average Bonchev–Trinajstić information content (AvgIpc) is 2.63. The van der Waals surface area contributed by atoms with Crippen molar-refractivity contribution in [2.75, 3.05) is 26.2 Å². The van der Waals surface area contributed by atoms with Crippen molar-refractivity contribution in [1.82, 2.24) is 9.80 Å². The second-order valence-corrected chi connectivity index (χ2v) is 7.29. The molecule has 25 heavy (non-hydrogen) atoms. The lowest BCUT2D eigenvalue weighted by Gasteiger charge is -2.35. The Labute approximate surface area is 149 Å². The van der Waals surface area contributed by atoms with Crippen LogP contribution in [-0.2, 0) is 16.0 Å². The molecule has 5 heteroatoms. The maximum Gasteiger partial charge on any atom is 0.242 e. The fraction of sp³-hybridized carbons (Fsp3) is 0.600. The van der Waals surface area contributed by atoms with Gasteiger partial charge in [0, 0.05) is 26.1 Å². The zero-order valence-corrected chi connectivity index (χ0v) is 14.8. The molecule has 4 nitrogen and oxygen atoms in total. The molecule has 0 saturated carbocycles. The van der Waals surface area contributed by atoms with E-state index in [9.17, 15) is 14.0 Å². The van der Waals surface area contributed by atoms with Crippen LogP contribution in [0.2, 0.25) is 0 Å². The van der Waals surface area contributed by atoms with E-state index in [0.29, 0.717) is 18.9 Å². The van der Waals surface area contributed by atoms with Gasteiger partial charge in [-0.05, 0) is 62.1 Å². The van der Waals surface area contributed by atoms with E-state index >= 15 is 0 Å². The molecule has 2 fully saturated rings. The summed E-state index contributed by atoms with van der Waals surface area (Å²) in [5.74, 6) is 0.483. The highest BCUT2D eigenvalue weighted by molar-refractivity contribution is 5.85. The largest absolute Gasteiger partial charge is 0.341 e. The zero-order valence-electron chi connectivity index (χ0n) is 14.8. The molecule has 3 rings (SSSR count). The van der Waals surface area contributed by atoms with E-state index in [1.54, 1.807) is 4.90 Å². The third kappa shape index (κ3) is 5.03. The Morgan fingerprint density at radius 3 is 2.68 bits per heavy atom. The second kappa shape index (κ2) is 8.45. The molecule has 2 aliphatic heterocycles. The van der Waals surface area contributed by atoms with E-state index in [-0.39, 0.29) is 24.2 Å². The molecule has 1 aromatic rings. The number of rotatable bonds is 5. The summed E-state index contributed by atoms with van der Waals surface area (Å²) in [5, 5.41) is 0. The number of likely N-dealkylation sites (tertiary alicyclic amines) is 2. The molecule has 2 heterocycles. The van der Waals surface area contributed by atoms with E-state index < -0.39 is 0 Å². The molecule has 0 spiro atoms. The van der Waals surface area contributed by atoms with Crippen LogP contribution >= 0.6 is 0 Å². The van der Waals surface area contributed by atoms with Crippen molar-refractivity contribution in [2.24, 2.45) is 5.92 Å². The van der Waals surface area contributed by atoms with Crippen molar-refractivity contribution in [3.05, 3.63) is 35.6 Å². The van der Waals surface area contributed by atoms with E-state index in [1.165, 1.54) is 12.1 Å². The molecule has 0 aromatic heterocycles. The molecule has 1 aromatic carbocycles. The number of piperidine rings is 2. The van der Waals surface area contributed by atoms with Crippen LogP contribution in [0.15, 0.2) is 24.3 Å². The lowest BCUT2D eigenvalue weighted by molar-refractivity contribution is -0.142. The number of carbonyl (C=O) groups excluding carboxylic acids is 2. The van der Waals surface area contributed by atoms with Gasteiger partial charge in [-0.2, -0.15) is 0 Å². The van der Waals surface area contributed by atoms with E-state index in [4.69, 9.17) is 0 Å². The highest BCUT2D eigenvalue weighted by Crippen LogP contribution is 2.22. The SMILES string of the molecule is O=C1CCCCN1CC(=O)N1CCC[C@H](CCc2ccc(F)cc2)C1. The van der Waals surface area contributed by atoms with Crippen LogP contribution in [-0.4, -0.2) is 47.8 Å². The van der Waals surface area contributed by atoms with Gasteiger partial charge < -0.3 is 9.80 Å². The first-order chi connectivity index (χ1) is 12.1. The molecule has 2 aliphatic rings. The van der Waals surface area contributed by atoms with E-state index in [1.807, 2.05) is 17.0 Å². The van der Waals surface area contributed by atoms with Crippen LogP contribution in [0.25, 0.3) is 0 Å². The first-order valence-corrected chi connectivity index (χ1v) is 9.42. The number of benzene rings is 1. The summed E-state index contributed by atoms with van der Waals surface area (Å²) in [4.78, 5) is 28.1. The van der Waals surface area contributed by atoms with Crippen LogP contribution < -0.4 is 0 Å². The third-order valence-electron chi connectivity index (χ3n) is 5.37. The molecular weight excluding hydrogens is 319 g/mol. The lowest BCUT2D eigenvalue weighted by atomic mass is 9.91. The number of nitrogens with zero attached hydrogens (tertiary/aromatic N) is 2. The summed E-state index contributed by atoms with van der Waals surface area (Å²) >= 11 is 0. The smallest absolute Gasteiger partial charge is 0.242 e. The van der Waals surface area contributed by atoms with Crippen LogP contribution in [0.3, 0.4) is 0 Å². The average molecular weight is 346 g/mol. The first-order valence-electron chi connectivity index (χ1n) is 9.42. The summed E-state index contributed by atoms with van der Waals surface area (Å²) in [7, 11) is 0. The first kappa shape index (κ1) is 17.9. The Morgan fingerprint density at radius 2 is 1.92 bits per heavy atom. The maximum atomic E-state index is 13.0. The van der Waals surface area contributed by atoms with Gasteiger partial charge in [0.15, 0.2) is 0 Å². The summed E-state index contributed by atoms with van der Waals surface area (Å²) in [5.41, 5.74) is 1.14. The molecular formula is C20H27FN2O2. The predicted octanol–water partition coefficient (Wildman–Crippen LogP) is 3.01. The lowest BCUT2D eigenvalue weighted by Crippen LogP contribution is -2.47. The monoisotopic (exact) mass is 346 g/mol. The fourth-order valence-corrected chi connectivity index (χ4v) is 3.84. The van der Waals surface area contributed by atoms with Crippen molar-refractivity contribution in [2.45, 2.75) is 44.9 Å². The number of carbonyl (C=O) groups is 2. The van der Waals surface area contributed by atoms with Crippen molar-refractivity contribution < 1.29 is 14.0 Å².